The zero-order valence-electron chi connectivity index (χ0n) is 14.7. The lowest BCUT2D eigenvalue weighted by molar-refractivity contribution is 0.102. The van der Waals surface area contributed by atoms with E-state index in [0.717, 1.165) is 16.0 Å². The van der Waals surface area contributed by atoms with Gasteiger partial charge in [-0.2, -0.15) is 0 Å². The molecule has 2 amide bonds. The van der Waals surface area contributed by atoms with E-state index in [-0.39, 0.29) is 12.5 Å². The first-order chi connectivity index (χ1) is 12.9. The summed E-state index contributed by atoms with van der Waals surface area (Å²) in [6.45, 7) is 0.257. The second-order valence-electron chi connectivity index (χ2n) is 6.07. The van der Waals surface area contributed by atoms with E-state index in [1.165, 1.54) is 11.9 Å². The molecule has 0 spiro atoms. The number of carbonyl (C=O) groups is 2. The SMILES string of the molecule is CN(Cc1ccc(C(=O)Nc2cc(-c3cccs3)ccc2N)cc1)C(=O)O. The number of rotatable bonds is 5. The average molecular weight is 381 g/mol. The van der Waals surface area contributed by atoms with Gasteiger partial charge < -0.3 is 21.1 Å². The molecular weight excluding hydrogens is 362 g/mol. The first-order valence-corrected chi connectivity index (χ1v) is 9.10. The van der Waals surface area contributed by atoms with Crippen LogP contribution in [0.2, 0.25) is 0 Å². The molecule has 4 N–H and O–H groups in total. The molecule has 2 aromatic carbocycles. The Hall–Kier alpha value is -3.32. The number of amides is 2. The number of nitrogen functional groups attached to an aromatic ring is 1. The maximum absolute atomic E-state index is 12.5. The second kappa shape index (κ2) is 7.92. The van der Waals surface area contributed by atoms with Crippen molar-refractivity contribution in [2.45, 2.75) is 6.54 Å². The highest BCUT2D eigenvalue weighted by atomic mass is 32.1. The van der Waals surface area contributed by atoms with Gasteiger partial charge in [-0.3, -0.25) is 4.79 Å². The molecule has 1 heterocycles. The standard InChI is InChI=1S/C20H19N3O3S/c1-23(20(25)26)12-13-4-6-14(7-5-13)19(24)22-17-11-15(8-9-16(17)21)18-3-2-10-27-18/h2-11H,12,21H2,1H3,(H,22,24)(H,25,26). The Morgan fingerprint density at radius 1 is 1.15 bits per heavy atom. The average Bonchev–Trinajstić information content (AvgIpc) is 3.18. The lowest BCUT2D eigenvalue weighted by atomic mass is 10.1. The van der Waals surface area contributed by atoms with Gasteiger partial charge in [0.2, 0.25) is 0 Å². The molecule has 0 unspecified atom stereocenters. The Morgan fingerprint density at radius 3 is 2.52 bits per heavy atom. The third kappa shape index (κ3) is 4.45. The van der Waals surface area contributed by atoms with Gasteiger partial charge in [0.05, 0.1) is 11.4 Å². The molecule has 0 aliphatic rings. The summed E-state index contributed by atoms with van der Waals surface area (Å²) in [4.78, 5) is 25.7. The molecule has 3 aromatic rings. The van der Waals surface area contributed by atoms with Crippen molar-refractivity contribution in [3.8, 4) is 10.4 Å². The molecular formula is C20H19N3O3S. The van der Waals surface area contributed by atoms with Gasteiger partial charge in [-0.15, -0.1) is 11.3 Å². The predicted molar refractivity (Wildman–Crippen MR) is 108 cm³/mol. The number of thiophene rings is 1. The Labute approximate surface area is 160 Å². The molecule has 0 aliphatic heterocycles. The molecule has 7 heteroatoms. The number of hydrogen-bond acceptors (Lipinski definition) is 4. The summed E-state index contributed by atoms with van der Waals surface area (Å²) in [7, 11) is 1.49. The maximum Gasteiger partial charge on any atom is 0.407 e. The maximum atomic E-state index is 12.5. The minimum absolute atomic E-state index is 0.257. The summed E-state index contributed by atoms with van der Waals surface area (Å²) in [5.74, 6) is -0.275. The molecule has 0 aliphatic carbocycles. The number of anilines is 2. The number of hydrogen-bond donors (Lipinski definition) is 3. The predicted octanol–water partition coefficient (Wildman–Crippen LogP) is 4.36. The van der Waals surface area contributed by atoms with Crippen LogP contribution in [-0.2, 0) is 6.54 Å². The van der Waals surface area contributed by atoms with Crippen molar-refractivity contribution < 1.29 is 14.7 Å². The van der Waals surface area contributed by atoms with Crippen LogP contribution in [0, 0.1) is 0 Å². The van der Waals surface area contributed by atoms with Crippen LogP contribution < -0.4 is 11.1 Å². The first-order valence-electron chi connectivity index (χ1n) is 8.22. The van der Waals surface area contributed by atoms with E-state index in [1.54, 1.807) is 41.7 Å². The Morgan fingerprint density at radius 2 is 1.89 bits per heavy atom. The van der Waals surface area contributed by atoms with Gasteiger partial charge in [-0.1, -0.05) is 24.3 Å². The largest absolute Gasteiger partial charge is 0.465 e. The van der Waals surface area contributed by atoms with E-state index in [0.29, 0.717) is 16.9 Å². The Kier molecular flexibility index (Phi) is 5.42. The summed E-state index contributed by atoms with van der Waals surface area (Å²) < 4.78 is 0. The second-order valence-corrected chi connectivity index (χ2v) is 7.02. The third-order valence-corrected chi connectivity index (χ3v) is 4.99. The van der Waals surface area contributed by atoms with Gasteiger partial charge in [0.25, 0.3) is 5.91 Å². The van der Waals surface area contributed by atoms with E-state index in [4.69, 9.17) is 10.8 Å². The molecule has 0 saturated carbocycles. The highest BCUT2D eigenvalue weighted by Gasteiger charge is 2.11. The summed E-state index contributed by atoms with van der Waals surface area (Å²) in [6, 6.07) is 16.3. The zero-order valence-corrected chi connectivity index (χ0v) is 15.5. The molecule has 0 atom stereocenters. The molecule has 138 valence electrons. The van der Waals surface area contributed by atoms with Gasteiger partial charge in [0.1, 0.15) is 0 Å². The summed E-state index contributed by atoms with van der Waals surface area (Å²) in [6.07, 6.45) is -1.00. The highest BCUT2D eigenvalue weighted by Crippen LogP contribution is 2.30. The van der Waals surface area contributed by atoms with Crippen molar-refractivity contribution in [1.29, 1.82) is 0 Å². The third-order valence-electron chi connectivity index (χ3n) is 4.07. The van der Waals surface area contributed by atoms with Crippen LogP contribution in [0.3, 0.4) is 0 Å². The van der Waals surface area contributed by atoms with Gasteiger partial charge in [-0.25, -0.2) is 4.79 Å². The van der Waals surface area contributed by atoms with E-state index >= 15 is 0 Å². The van der Waals surface area contributed by atoms with Crippen LogP contribution in [0.15, 0.2) is 60.0 Å². The number of benzene rings is 2. The summed E-state index contributed by atoms with van der Waals surface area (Å²) in [5.41, 5.74) is 9.31. The molecule has 0 bridgehead atoms. The van der Waals surface area contributed by atoms with Crippen LogP contribution in [0.25, 0.3) is 10.4 Å². The zero-order chi connectivity index (χ0) is 19.4. The van der Waals surface area contributed by atoms with Crippen LogP contribution in [-0.4, -0.2) is 29.1 Å². The molecule has 0 radical (unpaired) electrons. The number of carboxylic acid groups (broad SMARTS) is 1. The molecule has 6 nitrogen and oxygen atoms in total. The molecule has 1 aromatic heterocycles. The van der Waals surface area contributed by atoms with Crippen LogP contribution >= 0.6 is 11.3 Å². The number of nitrogens with one attached hydrogen (secondary N) is 1. The van der Waals surface area contributed by atoms with Gasteiger partial charge >= 0.3 is 6.09 Å². The van der Waals surface area contributed by atoms with Crippen LogP contribution in [0.4, 0.5) is 16.2 Å². The minimum atomic E-state index is -1.00. The number of nitrogens with zero attached hydrogens (tertiary/aromatic N) is 1. The lowest BCUT2D eigenvalue weighted by Gasteiger charge is -2.13. The smallest absolute Gasteiger partial charge is 0.407 e. The van der Waals surface area contributed by atoms with E-state index in [2.05, 4.69) is 5.32 Å². The van der Waals surface area contributed by atoms with Gasteiger partial charge in [-0.05, 0) is 46.8 Å². The quantitative estimate of drug-likeness (QED) is 0.572. The van der Waals surface area contributed by atoms with Gasteiger partial charge in [0.15, 0.2) is 0 Å². The Balaban J connectivity index is 1.74. The minimum Gasteiger partial charge on any atom is -0.465 e. The monoisotopic (exact) mass is 381 g/mol. The fourth-order valence-electron chi connectivity index (χ4n) is 2.56. The van der Waals surface area contributed by atoms with Crippen molar-refractivity contribution in [3.63, 3.8) is 0 Å². The highest BCUT2D eigenvalue weighted by molar-refractivity contribution is 7.13. The number of carbonyl (C=O) groups excluding carboxylic acids is 1. The normalized spacial score (nSPS) is 10.4. The lowest BCUT2D eigenvalue weighted by Crippen LogP contribution is -2.23. The summed E-state index contributed by atoms with van der Waals surface area (Å²) in [5, 5.41) is 13.8. The van der Waals surface area contributed by atoms with Crippen molar-refractivity contribution in [2.24, 2.45) is 0 Å². The van der Waals surface area contributed by atoms with Crippen molar-refractivity contribution in [3.05, 3.63) is 71.1 Å². The molecule has 0 fully saturated rings. The van der Waals surface area contributed by atoms with E-state index < -0.39 is 6.09 Å². The van der Waals surface area contributed by atoms with Crippen LogP contribution in [0.1, 0.15) is 15.9 Å². The fourth-order valence-corrected chi connectivity index (χ4v) is 3.28. The van der Waals surface area contributed by atoms with E-state index in [9.17, 15) is 9.59 Å². The molecule has 27 heavy (non-hydrogen) atoms. The fraction of sp³-hybridized carbons (Fsp3) is 0.100. The topological polar surface area (TPSA) is 95.7 Å². The van der Waals surface area contributed by atoms with E-state index in [1.807, 2.05) is 29.6 Å². The first kappa shape index (κ1) is 18.5. The van der Waals surface area contributed by atoms with Gasteiger partial charge in [0, 0.05) is 24.0 Å². The number of nitrogens with two attached hydrogens (primary N) is 1. The van der Waals surface area contributed by atoms with Crippen molar-refractivity contribution in [2.75, 3.05) is 18.1 Å². The molecule has 0 saturated heterocycles. The van der Waals surface area contributed by atoms with Crippen molar-refractivity contribution in [1.82, 2.24) is 4.90 Å². The van der Waals surface area contributed by atoms with Crippen LogP contribution in [0.5, 0.6) is 0 Å². The van der Waals surface area contributed by atoms with Crippen molar-refractivity contribution >= 4 is 34.7 Å². The molecule has 3 rings (SSSR count). The Bertz CT molecular complexity index is 953. The summed E-state index contributed by atoms with van der Waals surface area (Å²) >= 11 is 1.61.